The lowest BCUT2D eigenvalue weighted by molar-refractivity contribution is -0.155. The molecule has 7 nitrogen and oxygen atoms in total. The highest BCUT2D eigenvalue weighted by Gasteiger charge is 2.23. The van der Waals surface area contributed by atoms with Crippen LogP contribution in [0.2, 0.25) is 0 Å². The van der Waals surface area contributed by atoms with E-state index < -0.39 is 12.1 Å². The molecule has 0 radical (unpaired) electrons. The molecular weight excluding hydrogens is 354 g/mol. The van der Waals surface area contributed by atoms with E-state index in [1.807, 2.05) is 13.8 Å². The summed E-state index contributed by atoms with van der Waals surface area (Å²) in [5, 5.41) is 7.53. The van der Waals surface area contributed by atoms with E-state index in [4.69, 9.17) is 4.74 Å². The van der Waals surface area contributed by atoms with Crippen molar-refractivity contribution >= 4 is 33.3 Å². The van der Waals surface area contributed by atoms with Crippen LogP contribution in [0.5, 0.6) is 0 Å². The minimum Gasteiger partial charge on any atom is -0.451 e. The van der Waals surface area contributed by atoms with E-state index in [-0.39, 0.29) is 24.1 Å². The molecule has 1 N–H and O–H groups in total. The lowest BCUT2D eigenvalue weighted by atomic mass is 10.2. The first-order chi connectivity index (χ1) is 12.4. The summed E-state index contributed by atoms with van der Waals surface area (Å²) >= 11 is 1.51. The Labute approximate surface area is 155 Å². The molecule has 0 spiro atoms. The fourth-order valence-corrected chi connectivity index (χ4v) is 4.25. The van der Waals surface area contributed by atoms with Gasteiger partial charge in [0.2, 0.25) is 0 Å². The predicted molar refractivity (Wildman–Crippen MR) is 99.3 cm³/mol. The number of carbonyl (C=O) groups is 2. The van der Waals surface area contributed by atoms with Crippen LogP contribution in [-0.4, -0.2) is 33.8 Å². The van der Waals surface area contributed by atoms with Crippen LogP contribution in [-0.2, 0) is 20.9 Å². The number of nitrogens with one attached hydrogen (secondary N) is 1. The molecule has 2 aromatic heterocycles. The van der Waals surface area contributed by atoms with Crippen LogP contribution >= 0.6 is 11.3 Å². The molecule has 0 aromatic carbocycles. The summed E-state index contributed by atoms with van der Waals surface area (Å²) in [6.07, 6.45) is 4.84. The Morgan fingerprint density at radius 3 is 2.77 bits per heavy atom. The van der Waals surface area contributed by atoms with E-state index in [0.29, 0.717) is 5.39 Å². The van der Waals surface area contributed by atoms with E-state index >= 15 is 0 Å². The standard InChI is InChI=1S/C18H23N3O4S/c1-10-12(3)26-14-8-19-21(18(24)16(10)14)9-15(22)25-11(2)17(23)20-13-6-4-5-7-13/h8,11,13H,4-7,9H2,1-3H3,(H,20,23). The maximum absolute atomic E-state index is 12.6. The SMILES string of the molecule is Cc1sc2cnn(CC(=O)OC(C)C(=O)NC3CCCC3)c(=O)c2c1C. The quantitative estimate of drug-likeness (QED) is 0.806. The van der Waals surface area contributed by atoms with Gasteiger partial charge in [-0.05, 0) is 39.2 Å². The predicted octanol–water partition coefficient (Wildman–Crippen LogP) is 2.07. The summed E-state index contributed by atoms with van der Waals surface area (Å²) < 4.78 is 7.07. The summed E-state index contributed by atoms with van der Waals surface area (Å²) in [4.78, 5) is 37.9. The van der Waals surface area contributed by atoms with Gasteiger partial charge in [-0.2, -0.15) is 5.10 Å². The number of aromatic nitrogens is 2. The Morgan fingerprint density at radius 1 is 1.38 bits per heavy atom. The van der Waals surface area contributed by atoms with Crippen molar-refractivity contribution in [3.63, 3.8) is 0 Å². The molecule has 1 saturated carbocycles. The zero-order chi connectivity index (χ0) is 18.8. The van der Waals surface area contributed by atoms with Crippen molar-refractivity contribution in [3.8, 4) is 0 Å². The van der Waals surface area contributed by atoms with Gasteiger partial charge in [0, 0.05) is 10.9 Å². The van der Waals surface area contributed by atoms with Crippen LogP contribution in [0.1, 0.15) is 43.0 Å². The van der Waals surface area contributed by atoms with E-state index in [0.717, 1.165) is 45.5 Å². The molecule has 2 heterocycles. The maximum atomic E-state index is 12.6. The summed E-state index contributed by atoms with van der Waals surface area (Å²) in [6.45, 7) is 5.05. The normalized spacial score (nSPS) is 16.0. The van der Waals surface area contributed by atoms with Crippen LogP contribution in [0.25, 0.3) is 10.1 Å². The van der Waals surface area contributed by atoms with Crippen molar-refractivity contribution in [3.05, 3.63) is 27.0 Å². The average Bonchev–Trinajstić information content (AvgIpc) is 3.19. The first kappa shape index (κ1) is 18.6. The molecule has 0 aliphatic heterocycles. The van der Waals surface area contributed by atoms with Gasteiger partial charge in [-0.1, -0.05) is 12.8 Å². The highest BCUT2D eigenvalue weighted by atomic mass is 32.1. The van der Waals surface area contributed by atoms with E-state index in [1.165, 1.54) is 18.3 Å². The lowest BCUT2D eigenvalue weighted by Crippen LogP contribution is -2.41. The Morgan fingerprint density at radius 2 is 2.08 bits per heavy atom. The van der Waals surface area contributed by atoms with E-state index in [1.54, 1.807) is 6.20 Å². The van der Waals surface area contributed by atoms with Gasteiger partial charge in [-0.3, -0.25) is 14.4 Å². The fourth-order valence-electron chi connectivity index (χ4n) is 3.23. The molecule has 2 aromatic rings. The highest BCUT2D eigenvalue weighted by Crippen LogP contribution is 2.26. The highest BCUT2D eigenvalue weighted by molar-refractivity contribution is 7.19. The molecular formula is C18H23N3O4S. The number of amides is 1. The first-order valence-corrected chi connectivity index (χ1v) is 9.64. The second-order valence-corrected chi connectivity index (χ2v) is 8.01. The molecule has 0 saturated heterocycles. The van der Waals surface area contributed by atoms with Crippen molar-refractivity contribution in [2.75, 3.05) is 0 Å². The Kier molecular flexibility index (Phi) is 5.41. The van der Waals surface area contributed by atoms with Crippen molar-refractivity contribution < 1.29 is 14.3 Å². The number of thiophene rings is 1. The minimum atomic E-state index is -0.896. The third kappa shape index (κ3) is 3.80. The second kappa shape index (κ2) is 7.57. The third-order valence-corrected chi connectivity index (χ3v) is 5.97. The Hall–Kier alpha value is -2.22. The number of fused-ring (bicyclic) bond motifs is 1. The monoisotopic (exact) mass is 377 g/mol. The molecule has 140 valence electrons. The summed E-state index contributed by atoms with van der Waals surface area (Å²) in [7, 11) is 0. The van der Waals surface area contributed by atoms with Crippen molar-refractivity contribution in [1.82, 2.24) is 15.1 Å². The van der Waals surface area contributed by atoms with Crippen LogP contribution in [0.4, 0.5) is 0 Å². The Balaban J connectivity index is 1.65. The first-order valence-electron chi connectivity index (χ1n) is 8.82. The third-order valence-electron chi connectivity index (χ3n) is 4.83. The van der Waals surface area contributed by atoms with Crippen molar-refractivity contribution in [2.24, 2.45) is 0 Å². The van der Waals surface area contributed by atoms with Crippen LogP contribution in [0, 0.1) is 13.8 Å². The summed E-state index contributed by atoms with van der Waals surface area (Å²) in [6, 6.07) is 0.167. The zero-order valence-corrected chi connectivity index (χ0v) is 16.0. The molecule has 3 rings (SSSR count). The fraction of sp³-hybridized carbons (Fsp3) is 0.556. The number of esters is 1. The molecule has 1 aliphatic rings. The van der Waals surface area contributed by atoms with E-state index in [9.17, 15) is 14.4 Å². The number of nitrogens with zero attached hydrogens (tertiary/aromatic N) is 2. The largest absolute Gasteiger partial charge is 0.451 e. The molecule has 8 heteroatoms. The molecule has 1 fully saturated rings. The molecule has 1 amide bonds. The van der Waals surface area contributed by atoms with Crippen molar-refractivity contribution in [1.29, 1.82) is 0 Å². The molecule has 1 aliphatic carbocycles. The number of carbonyl (C=O) groups excluding carboxylic acids is 2. The molecule has 0 bridgehead atoms. The number of rotatable bonds is 5. The molecule has 1 atom stereocenters. The van der Waals surface area contributed by atoms with Crippen LogP contribution in [0.3, 0.4) is 0 Å². The zero-order valence-electron chi connectivity index (χ0n) is 15.2. The second-order valence-electron chi connectivity index (χ2n) is 6.75. The Bertz CT molecular complexity index is 896. The van der Waals surface area contributed by atoms with Gasteiger partial charge < -0.3 is 10.1 Å². The van der Waals surface area contributed by atoms with Gasteiger partial charge >= 0.3 is 5.97 Å². The molecule has 1 unspecified atom stereocenters. The van der Waals surface area contributed by atoms with Crippen molar-refractivity contribution in [2.45, 2.75) is 65.1 Å². The summed E-state index contributed by atoms with van der Waals surface area (Å²) in [5.41, 5.74) is 0.591. The number of aryl methyl sites for hydroxylation is 2. The van der Waals surface area contributed by atoms with Gasteiger partial charge in [0.25, 0.3) is 11.5 Å². The smallest absolute Gasteiger partial charge is 0.328 e. The lowest BCUT2D eigenvalue weighted by Gasteiger charge is -2.17. The number of hydrogen-bond donors (Lipinski definition) is 1. The van der Waals surface area contributed by atoms with E-state index in [2.05, 4.69) is 10.4 Å². The average molecular weight is 377 g/mol. The molecule has 26 heavy (non-hydrogen) atoms. The van der Waals surface area contributed by atoms with Gasteiger partial charge in [-0.25, -0.2) is 4.68 Å². The van der Waals surface area contributed by atoms with Crippen LogP contribution in [0.15, 0.2) is 11.0 Å². The number of ether oxygens (including phenoxy) is 1. The van der Waals surface area contributed by atoms with Crippen LogP contribution < -0.4 is 10.9 Å². The van der Waals surface area contributed by atoms with Gasteiger partial charge in [0.1, 0.15) is 6.54 Å². The number of hydrogen-bond acceptors (Lipinski definition) is 6. The maximum Gasteiger partial charge on any atom is 0.328 e. The van der Waals surface area contributed by atoms with Gasteiger partial charge in [0.05, 0.1) is 16.3 Å². The summed E-state index contributed by atoms with van der Waals surface area (Å²) in [5.74, 6) is -0.956. The minimum absolute atomic E-state index is 0.167. The van der Waals surface area contributed by atoms with Gasteiger partial charge in [-0.15, -0.1) is 11.3 Å². The van der Waals surface area contributed by atoms with Gasteiger partial charge in [0.15, 0.2) is 6.10 Å². The topological polar surface area (TPSA) is 90.3 Å².